The standard InChI is InChI=1S/C19H23N3O3/c1-3-4-5-11-20-18(23)17-10-9-16(13-21-17)22-15-8-6-7-14(12-15)19(24)25-2/h6-10,12-13,22H,3-5,11H2,1-2H3,(H,20,23). The minimum atomic E-state index is -0.392. The molecule has 6 heteroatoms. The summed E-state index contributed by atoms with van der Waals surface area (Å²) in [6.45, 7) is 2.78. The van der Waals surface area contributed by atoms with Gasteiger partial charge >= 0.3 is 5.97 Å². The number of nitrogens with zero attached hydrogens (tertiary/aromatic N) is 1. The number of carbonyl (C=O) groups is 2. The fourth-order valence-electron chi connectivity index (χ4n) is 2.28. The summed E-state index contributed by atoms with van der Waals surface area (Å²) < 4.78 is 4.71. The number of carbonyl (C=O) groups excluding carboxylic acids is 2. The first-order valence-electron chi connectivity index (χ1n) is 8.33. The third-order valence-corrected chi connectivity index (χ3v) is 3.63. The van der Waals surface area contributed by atoms with Crippen LogP contribution in [-0.2, 0) is 4.74 Å². The van der Waals surface area contributed by atoms with Crippen LogP contribution in [0.2, 0.25) is 0 Å². The molecule has 1 amide bonds. The Morgan fingerprint density at radius 3 is 2.64 bits per heavy atom. The molecular formula is C19H23N3O3. The number of hydrogen-bond donors (Lipinski definition) is 2. The van der Waals surface area contributed by atoms with E-state index in [-0.39, 0.29) is 5.91 Å². The zero-order valence-electron chi connectivity index (χ0n) is 14.5. The third-order valence-electron chi connectivity index (χ3n) is 3.63. The molecular weight excluding hydrogens is 318 g/mol. The van der Waals surface area contributed by atoms with Crippen molar-refractivity contribution < 1.29 is 14.3 Å². The average Bonchev–Trinajstić information content (AvgIpc) is 2.65. The first kappa shape index (κ1) is 18.4. The number of rotatable bonds is 8. The molecule has 2 N–H and O–H groups in total. The van der Waals surface area contributed by atoms with E-state index in [0.717, 1.165) is 30.6 Å². The Morgan fingerprint density at radius 2 is 1.96 bits per heavy atom. The number of unbranched alkanes of at least 4 members (excludes halogenated alkanes) is 2. The molecule has 2 rings (SSSR count). The van der Waals surface area contributed by atoms with E-state index in [0.29, 0.717) is 17.8 Å². The Bertz CT molecular complexity index is 714. The van der Waals surface area contributed by atoms with Gasteiger partial charge in [0.1, 0.15) is 5.69 Å². The predicted octanol–water partition coefficient (Wildman–Crippen LogP) is 3.53. The van der Waals surface area contributed by atoms with Crippen LogP contribution in [0.4, 0.5) is 11.4 Å². The summed E-state index contributed by atoms with van der Waals surface area (Å²) in [5.41, 5.74) is 2.31. The van der Waals surface area contributed by atoms with Gasteiger partial charge in [-0.3, -0.25) is 4.79 Å². The molecule has 0 aliphatic heterocycles. The van der Waals surface area contributed by atoms with Crippen molar-refractivity contribution in [3.63, 3.8) is 0 Å². The van der Waals surface area contributed by atoms with Crippen molar-refractivity contribution in [1.82, 2.24) is 10.3 Å². The second-order valence-electron chi connectivity index (χ2n) is 5.59. The van der Waals surface area contributed by atoms with Crippen molar-refractivity contribution >= 4 is 23.3 Å². The lowest BCUT2D eigenvalue weighted by atomic mass is 10.2. The molecule has 0 spiro atoms. The minimum absolute atomic E-state index is 0.171. The number of benzene rings is 1. The Labute approximate surface area is 147 Å². The van der Waals surface area contributed by atoms with Crippen LogP contribution in [0.5, 0.6) is 0 Å². The lowest BCUT2D eigenvalue weighted by Gasteiger charge is -2.08. The van der Waals surface area contributed by atoms with E-state index < -0.39 is 5.97 Å². The molecule has 0 saturated carbocycles. The van der Waals surface area contributed by atoms with Crippen molar-refractivity contribution in [3.05, 3.63) is 53.9 Å². The van der Waals surface area contributed by atoms with E-state index in [9.17, 15) is 9.59 Å². The minimum Gasteiger partial charge on any atom is -0.465 e. The largest absolute Gasteiger partial charge is 0.465 e. The summed E-state index contributed by atoms with van der Waals surface area (Å²) in [4.78, 5) is 27.7. The molecule has 1 heterocycles. The van der Waals surface area contributed by atoms with E-state index in [1.165, 1.54) is 7.11 Å². The number of ether oxygens (including phenoxy) is 1. The van der Waals surface area contributed by atoms with Gasteiger partial charge in [-0.1, -0.05) is 25.8 Å². The number of methoxy groups -OCH3 is 1. The van der Waals surface area contributed by atoms with Crippen LogP contribution in [0.1, 0.15) is 47.0 Å². The lowest BCUT2D eigenvalue weighted by molar-refractivity contribution is 0.0600. The fraction of sp³-hybridized carbons (Fsp3) is 0.316. The zero-order valence-corrected chi connectivity index (χ0v) is 14.5. The molecule has 2 aromatic rings. The highest BCUT2D eigenvalue weighted by atomic mass is 16.5. The predicted molar refractivity (Wildman–Crippen MR) is 97.2 cm³/mol. The fourth-order valence-corrected chi connectivity index (χ4v) is 2.28. The molecule has 0 bridgehead atoms. The number of hydrogen-bond acceptors (Lipinski definition) is 5. The van der Waals surface area contributed by atoms with Crippen molar-refractivity contribution in [1.29, 1.82) is 0 Å². The monoisotopic (exact) mass is 341 g/mol. The SMILES string of the molecule is CCCCCNC(=O)c1ccc(Nc2cccc(C(=O)OC)c2)cn1. The van der Waals surface area contributed by atoms with Gasteiger partial charge in [0.05, 0.1) is 24.6 Å². The van der Waals surface area contributed by atoms with Gasteiger partial charge in [0.15, 0.2) is 0 Å². The van der Waals surface area contributed by atoms with Crippen molar-refractivity contribution in [3.8, 4) is 0 Å². The molecule has 0 radical (unpaired) electrons. The molecule has 0 aliphatic rings. The molecule has 0 saturated heterocycles. The number of anilines is 2. The van der Waals surface area contributed by atoms with Crippen LogP contribution in [0.25, 0.3) is 0 Å². The molecule has 0 unspecified atom stereocenters. The third kappa shape index (κ3) is 5.60. The number of aromatic nitrogens is 1. The van der Waals surface area contributed by atoms with Gasteiger partial charge in [0.2, 0.25) is 0 Å². The van der Waals surface area contributed by atoms with Gasteiger partial charge in [-0.15, -0.1) is 0 Å². The van der Waals surface area contributed by atoms with Gasteiger partial charge in [0, 0.05) is 12.2 Å². The summed E-state index contributed by atoms with van der Waals surface area (Å²) in [5.74, 6) is -0.563. The Hall–Kier alpha value is -2.89. The van der Waals surface area contributed by atoms with Crippen molar-refractivity contribution in [2.75, 3.05) is 19.0 Å². The van der Waals surface area contributed by atoms with Gasteiger partial charge in [-0.25, -0.2) is 9.78 Å². The van der Waals surface area contributed by atoms with Crippen LogP contribution in [0, 0.1) is 0 Å². The average molecular weight is 341 g/mol. The first-order valence-corrected chi connectivity index (χ1v) is 8.33. The maximum absolute atomic E-state index is 12.0. The van der Waals surface area contributed by atoms with Crippen LogP contribution in [0.3, 0.4) is 0 Å². The topological polar surface area (TPSA) is 80.3 Å². The molecule has 0 aliphatic carbocycles. The normalized spacial score (nSPS) is 10.2. The first-order chi connectivity index (χ1) is 12.1. The van der Waals surface area contributed by atoms with E-state index in [1.807, 2.05) is 6.07 Å². The molecule has 25 heavy (non-hydrogen) atoms. The van der Waals surface area contributed by atoms with Crippen LogP contribution >= 0.6 is 0 Å². The maximum Gasteiger partial charge on any atom is 0.337 e. The highest BCUT2D eigenvalue weighted by Gasteiger charge is 2.08. The number of pyridine rings is 1. The highest BCUT2D eigenvalue weighted by Crippen LogP contribution is 2.17. The molecule has 0 atom stereocenters. The molecule has 1 aromatic heterocycles. The summed E-state index contributed by atoms with van der Waals surface area (Å²) >= 11 is 0. The lowest BCUT2D eigenvalue weighted by Crippen LogP contribution is -2.25. The van der Waals surface area contributed by atoms with Crippen LogP contribution < -0.4 is 10.6 Å². The van der Waals surface area contributed by atoms with Crippen LogP contribution in [-0.4, -0.2) is 30.5 Å². The molecule has 1 aromatic carbocycles. The summed E-state index contributed by atoms with van der Waals surface area (Å²) in [6.07, 6.45) is 4.77. The Morgan fingerprint density at radius 1 is 1.12 bits per heavy atom. The smallest absolute Gasteiger partial charge is 0.337 e. The highest BCUT2D eigenvalue weighted by molar-refractivity contribution is 5.92. The van der Waals surface area contributed by atoms with E-state index in [4.69, 9.17) is 4.74 Å². The Kier molecular flexibility index (Phi) is 6.95. The van der Waals surface area contributed by atoms with Gasteiger partial charge in [0.25, 0.3) is 5.91 Å². The number of nitrogens with one attached hydrogen (secondary N) is 2. The number of amides is 1. The Balaban J connectivity index is 1.96. The van der Waals surface area contributed by atoms with Crippen molar-refractivity contribution in [2.24, 2.45) is 0 Å². The number of esters is 1. The summed E-state index contributed by atoms with van der Waals surface area (Å²) in [5, 5.41) is 6.00. The van der Waals surface area contributed by atoms with Gasteiger partial charge < -0.3 is 15.4 Å². The molecule has 6 nitrogen and oxygen atoms in total. The summed E-state index contributed by atoms with van der Waals surface area (Å²) in [6, 6.07) is 10.4. The molecule has 132 valence electrons. The van der Waals surface area contributed by atoms with Crippen LogP contribution in [0.15, 0.2) is 42.6 Å². The van der Waals surface area contributed by atoms with E-state index >= 15 is 0 Å². The second kappa shape index (κ2) is 9.42. The quantitative estimate of drug-likeness (QED) is 0.567. The van der Waals surface area contributed by atoms with Gasteiger partial charge in [-0.2, -0.15) is 0 Å². The summed E-state index contributed by atoms with van der Waals surface area (Å²) in [7, 11) is 1.35. The van der Waals surface area contributed by atoms with E-state index in [2.05, 4.69) is 22.5 Å². The maximum atomic E-state index is 12.0. The molecule has 0 fully saturated rings. The second-order valence-corrected chi connectivity index (χ2v) is 5.59. The van der Waals surface area contributed by atoms with E-state index in [1.54, 1.807) is 36.5 Å². The zero-order chi connectivity index (χ0) is 18.1. The van der Waals surface area contributed by atoms with Crippen molar-refractivity contribution in [2.45, 2.75) is 26.2 Å². The van der Waals surface area contributed by atoms with Gasteiger partial charge in [-0.05, 0) is 36.8 Å².